The zero-order valence-corrected chi connectivity index (χ0v) is 15.4. The molecule has 0 spiro atoms. The van der Waals surface area contributed by atoms with Gasteiger partial charge < -0.3 is 9.88 Å². The molecule has 1 N–H and O–H groups in total. The molecule has 2 fully saturated rings. The summed E-state index contributed by atoms with van der Waals surface area (Å²) in [5.41, 5.74) is 2.19. The first-order valence-corrected chi connectivity index (χ1v) is 10.2. The van der Waals surface area contributed by atoms with Crippen molar-refractivity contribution in [3.05, 3.63) is 42.9 Å². The Balaban J connectivity index is 1.31. The first-order valence-electron chi connectivity index (χ1n) is 10.2. The van der Waals surface area contributed by atoms with E-state index in [9.17, 15) is 4.79 Å². The normalized spacial score (nSPS) is 24.3. The van der Waals surface area contributed by atoms with Gasteiger partial charge >= 0.3 is 0 Å². The van der Waals surface area contributed by atoms with Gasteiger partial charge in [-0.3, -0.25) is 4.79 Å². The van der Waals surface area contributed by atoms with Crippen LogP contribution in [0.15, 0.2) is 42.9 Å². The van der Waals surface area contributed by atoms with E-state index in [1.165, 1.54) is 32.1 Å². The molecule has 0 saturated heterocycles. The highest BCUT2D eigenvalue weighted by Gasteiger charge is 2.28. The number of aromatic nitrogens is 2. The molecule has 4 heteroatoms. The molecule has 0 unspecified atom stereocenters. The van der Waals surface area contributed by atoms with Crippen LogP contribution in [0.1, 0.15) is 63.8 Å². The Hall–Kier alpha value is -2.10. The molecular formula is C22H29N3O. The second kappa shape index (κ2) is 8.07. The van der Waals surface area contributed by atoms with E-state index in [1.54, 1.807) is 0 Å². The molecule has 2 aromatic rings. The lowest BCUT2D eigenvalue weighted by Gasteiger charge is -2.30. The Morgan fingerprint density at radius 1 is 0.962 bits per heavy atom. The highest BCUT2D eigenvalue weighted by Crippen LogP contribution is 2.33. The fraction of sp³-hybridized carbons (Fsp3) is 0.545. The summed E-state index contributed by atoms with van der Waals surface area (Å²) >= 11 is 0. The number of carbonyl (C=O) groups is 1. The summed E-state index contributed by atoms with van der Waals surface area (Å²) in [4.78, 5) is 17.1. The van der Waals surface area contributed by atoms with Crippen LogP contribution in [-0.2, 0) is 4.79 Å². The fourth-order valence-corrected chi connectivity index (χ4v) is 4.50. The van der Waals surface area contributed by atoms with Gasteiger partial charge in [-0.1, -0.05) is 49.6 Å². The lowest BCUT2D eigenvalue weighted by atomic mass is 9.84. The van der Waals surface area contributed by atoms with Gasteiger partial charge in [0.05, 0.1) is 12.0 Å². The summed E-state index contributed by atoms with van der Waals surface area (Å²) in [7, 11) is 0. The van der Waals surface area contributed by atoms with E-state index < -0.39 is 0 Å². The minimum absolute atomic E-state index is 0.199. The Bertz CT molecular complexity index is 710. The molecule has 26 heavy (non-hydrogen) atoms. The van der Waals surface area contributed by atoms with Crippen LogP contribution in [-0.4, -0.2) is 21.5 Å². The highest BCUT2D eigenvalue weighted by molar-refractivity contribution is 5.79. The molecule has 4 rings (SSSR count). The lowest BCUT2D eigenvalue weighted by Crippen LogP contribution is -2.41. The first-order chi connectivity index (χ1) is 12.8. The van der Waals surface area contributed by atoms with Crippen molar-refractivity contribution in [1.82, 2.24) is 14.9 Å². The SMILES string of the molecule is O=C(NC1CCCCC1)C1CCC(n2cnc(-c3ccccc3)c2)CC1. The highest BCUT2D eigenvalue weighted by atomic mass is 16.1. The van der Waals surface area contributed by atoms with Crippen molar-refractivity contribution in [2.75, 3.05) is 0 Å². The van der Waals surface area contributed by atoms with Crippen LogP contribution < -0.4 is 5.32 Å². The monoisotopic (exact) mass is 351 g/mol. The molecule has 0 atom stereocenters. The molecule has 0 bridgehead atoms. The number of imidazole rings is 1. The van der Waals surface area contributed by atoms with Crippen LogP contribution in [0.3, 0.4) is 0 Å². The molecule has 0 radical (unpaired) electrons. The number of hydrogen-bond donors (Lipinski definition) is 1. The fourth-order valence-electron chi connectivity index (χ4n) is 4.50. The van der Waals surface area contributed by atoms with Crippen molar-refractivity contribution in [2.45, 2.75) is 69.9 Å². The number of rotatable bonds is 4. The smallest absolute Gasteiger partial charge is 0.223 e. The van der Waals surface area contributed by atoms with Crippen LogP contribution in [0.25, 0.3) is 11.3 Å². The van der Waals surface area contributed by atoms with Crippen LogP contribution in [0.4, 0.5) is 0 Å². The van der Waals surface area contributed by atoms with E-state index in [4.69, 9.17) is 0 Å². The van der Waals surface area contributed by atoms with Gasteiger partial charge in [-0.15, -0.1) is 0 Å². The maximum atomic E-state index is 12.6. The van der Waals surface area contributed by atoms with Gasteiger partial charge in [-0.05, 0) is 38.5 Å². The van der Waals surface area contributed by atoms with Crippen molar-refractivity contribution in [3.8, 4) is 11.3 Å². The average molecular weight is 351 g/mol. The molecule has 2 aliphatic rings. The second-order valence-corrected chi connectivity index (χ2v) is 7.92. The Kier molecular flexibility index (Phi) is 5.37. The van der Waals surface area contributed by atoms with Gasteiger partial charge in [0.1, 0.15) is 0 Å². The molecule has 0 aliphatic heterocycles. The Morgan fingerprint density at radius 3 is 2.42 bits per heavy atom. The molecule has 1 amide bonds. The topological polar surface area (TPSA) is 46.9 Å². The molecule has 1 aromatic carbocycles. The van der Waals surface area contributed by atoms with E-state index in [-0.39, 0.29) is 5.92 Å². The summed E-state index contributed by atoms with van der Waals surface area (Å²) in [5, 5.41) is 3.31. The molecule has 1 aromatic heterocycles. The quantitative estimate of drug-likeness (QED) is 0.865. The van der Waals surface area contributed by atoms with Gasteiger partial charge in [0, 0.05) is 29.8 Å². The Morgan fingerprint density at radius 2 is 1.69 bits per heavy atom. The van der Waals surface area contributed by atoms with Crippen molar-refractivity contribution in [1.29, 1.82) is 0 Å². The summed E-state index contributed by atoms with van der Waals surface area (Å²) in [5.74, 6) is 0.497. The van der Waals surface area contributed by atoms with Gasteiger partial charge in [-0.2, -0.15) is 0 Å². The van der Waals surface area contributed by atoms with Gasteiger partial charge in [0.15, 0.2) is 0 Å². The van der Waals surface area contributed by atoms with E-state index >= 15 is 0 Å². The van der Waals surface area contributed by atoms with E-state index in [2.05, 4.69) is 33.2 Å². The first kappa shape index (κ1) is 17.3. The molecule has 4 nitrogen and oxygen atoms in total. The van der Waals surface area contributed by atoms with E-state index in [0.717, 1.165) is 36.9 Å². The number of amides is 1. The molecule has 1 heterocycles. The molecule has 138 valence electrons. The maximum Gasteiger partial charge on any atom is 0.223 e. The number of hydrogen-bond acceptors (Lipinski definition) is 2. The maximum absolute atomic E-state index is 12.6. The van der Waals surface area contributed by atoms with Crippen molar-refractivity contribution in [3.63, 3.8) is 0 Å². The Labute approximate surface area is 156 Å². The zero-order chi connectivity index (χ0) is 17.8. The van der Waals surface area contributed by atoms with Crippen LogP contribution in [0, 0.1) is 5.92 Å². The van der Waals surface area contributed by atoms with Gasteiger partial charge in [-0.25, -0.2) is 4.98 Å². The average Bonchev–Trinajstić information content (AvgIpc) is 3.20. The summed E-state index contributed by atoms with van der Waals surface area (Å²) in [6, 6.07) is 11.2. The van der Waals surface area contributed by atoms with Crippen LogP contribution in [0.2, 0.25) is 0 Å². The van der Waals surface area contributed by atoms with Crippen molar-refractivity contribution >= 4 is 5.91 Å². The zero-order valence-electron chi connectivity index (χ0n) is 15.4. The molecule has 2 aliphatic carbocycles. The second-order valence-electron chi connectivity index (χ2n) is 7.92. The lowest BCUT2D eigenvalue weighted by molar-refractivity contribution is -0.127. The number of benzene rings is 1. The molecular weight excluding hydrogens is 322 g/mol. The van der Waals surface area contributed by atoms with Crippen molar-refractivity contribution in [2.24, 2.45) is 5.92 Å². The van der Waals surface area contributed by atoms with Crippen molar-refractivity contribution < 1.29 is 4.79 Å². The predicted molar refractivity (Wildman–Crippen MR) is 104 cm³/mol. The molecule has 2 saturated carbocycles. The predicted octanol–water partition coefficient (Wildman–Crippen LogP) is 4.73. The minimum atomic E-state index is 0.199. The standard InChI is InChI=1S/C22H29N3O/c26-22(24-19-9-5-2-6-10-19)18-11-13-20(14-12-18)25-15-21(23-16-25)17-7-3-1-4-8-17/h1,3-4,7-8,15-16,18-20H,2,5-6,9-14H2,(H,24,26). The van der Waals surface area contributed by atoms with E-state index in [1.807, 2.05) is 24.5 Å². The number of carbonyl (C=O) groups excluding carboxylic acids is 1. The third-order valence-corrected chi connectivity index (χ3v) is 6.11. The summed E-state index contributed by atoms with van der Waals surface area (Å²) in [6.07, 6.45) is 14.4. The largest absolute Gasteiger partial charge is 0.353 e. The summed E-state index contributed by atoms with van der Waals surface area (Å²) < 4.78 is 2.25. The third kappa shape index (κ3) is 4.00. The minimum Gasteiger partial charge on any atom is -0.353 e. The third-order valence-electron chi connectivity index (χ3n) is 6.11. The van der Waals surface area contributed by atoms with E-state index in [0.29, 0.717) is 18.0 Å². The van der Waals surface area contributed by atoms with Crippen LogP contribution >= 0.6 is 0 Å². The van der Waals surface area contributed by atoms with Gasteiger partial charge in [0.2, 0.25) is 5.91 Å². The van der Waals surface area contributed by atoms with Crippen LogP contribution in [0.5, 0.6) is 0 Å². The number of nitrogens with zero attached hydrogens (tertiary/aromatic N) is 2. The number of nitrogens with one attached hydrogen (secondary N) is 1. The summed E-state index contributed by atoms with van der Waals surface area (Å²) in [6.45, 7) is 0. The van der Waals surface area contributed by atoms with Gasteiger partial charge in [0.25, 0.3) is 0 Å².